The van der Waals surface area contributed by atoms with Crippen LogP contribution in [0.3, 0.4) is 0 Å². The van der Waals surface area contributed by atoms with E-state index in [0.717, 1.165) is 12.0 Å². The lowest BCUT2D eigenvalue weighted by Gasteiger charge is -2.28. The van der Waals surface area contributed by atoms with Gasteiger partial charge in [0, 0.05) is 12.2 Å². The number of sulfone groups is 1. The van der Waals surface area contributed by atoms with E-state index in [1.807, 2.05) is 31.2 Å². The second-order valence-electron chi connectivity index (χ2n) is 5.96. The van der Waals surface area contributed by atoms with Crippen molar-refractivity contribution in [3.63, 3.8) is 0 Å². The van der Waals surface area contributed by atoms with Crippen LogP contribution in [0.4, 0.5) is 5.69 Å². The van der Waals surface area contributed by atoms with Gasteiger partial charge in [0.15, 0.2) is 9.84 Å². The van der Waals surface area contributed by atoms with Crippen LogP contribution in [0, 0.1) is 0 Å². The Balaban J connectivity index is 2.06. The minimum atomic E-state index is -3.32. The molecule has 0 bridgehead atoms. The highest BCUT2D eigenvalue weighted by Gasteiger charge is 2.40. The summed E-state index contributed by atoms with van der Waals surface area (Å²) in [6.07, 6.45) is -0.270. The van der Waals surface area contributed by atoms with Gasteiger partial charge in [-0.3, -0.25) is 9.69 Å². The number of aryl methyl sites for hydroxylation is 1. The van der Waals surface area contributed by atoms with Gasteiger partial charge in [-0.1, -0.05) is 25.1 Å². The van der Waals surface area contributed by atoms with E-state index >= 15 is 0 Å². The Bertz CT molecular complexity index is 677. The lowest BCUT2D eigenvalue weighted by molar-refractivity contribution is -0.118. The zero-order valence-electron chi connectivity index (χ0n) is 13.7. The molecule has 2 rings (SSSR count). The molecule has 1 saturated heterocycles. The first-order valence-corrected chi connectivity index (χ1v) is 9.79. The summed E-state index contributed by atoms with van der Waals surface area (Å²) in [5, 5.41) is 22.0. The highest BCUT2D eigenvalue weighted by atomic mass is 32.2. The molecular weight excluding hydrogens is 332 g/mol. The Labute approximate surface area is 142 Å². The summed E-state index contributed by atoms with van der Waals surface area (Å²) in [6, 6.07) is 6.78. The molecule has 0 aromatic heterocycles. The fourth-order valence-electron chi connectivity index (χ4n) is 2.97. The third-order valence-corrected chi connectivity index (χ3v) is 5.87. The summed E-state index contributed by atoms with van der Waals surface area (Å²) in [6.45, 7) is 1.81. The molecule has 3 N–H and O–H groups in total. The second-order valence-corrected chi connectivity index (χ2v) is 8.12. The highest BCUT2D eigenvalue weighted by molar-refractivity contribution is 7.91. The van der Waals surface area contributed by atoms with Crippen molar-refractivity contribution in [2.75, 3.05) is 36.5 Å². The molecule has 0 saturated carbocycles. The van der Waals surface area contributed by atoms with Crippen LogP contribution in [-0.2, 0) is 21.1 Å². The van der Waals surface area contributed by atoms with E-state index in [0.29, 0.717) is 5.69 Å². The lowest BCUT2D eigenvalue weighted by Crippen LogP contribution is -2.48. The van der Waals surface area contributed by atoms with E-state index in [4.69, 9.17) is 0 Å². The number of hydrogen-bond acceptors (Lipinski definition) is 6. The van der Waals surface area contributed by atoms with Gasteiger partial charge in [0.05, 0.1) is 36.8 Å². The van der Waals surface area contributed by atoms with E-state index < -0.39 is 22.0 Å². The Hall–Kier alpha value is -1.48. The molecule has 1 aromatic carbocycles. The van der Waals surface area contributed by atoms with Crippen molar-refractivity contribution in [3.8, 4) is 0 Å². The average molecular weight is 356 g/mol. The van der Waals surface area contributed by atoms with Gasteiger partial charge in [0.25, 0.3) is 0 Å². The van der Waals surface area contributed by atoms with Crippen molar-refractivity contribution in [1.29, 1.82) is 0 Å². The summed E-state index contributed by atoms with van der Waals surface area (Å²) in [7, 11) is -3.32. The quantitative estimate of drug-likeness (QED) is 0.616. The van der Waals surface area contributed by atoms with Crippen LogP contribution in [-0.4, -0.2) is 72.8 Å². The maximum absolute atomic E-state index is 12.3. The zero-order chi connectivity index (χ0) is 17.7. The summed E-state index contributed by atoms with van der Waals surface area (Å²) in [5.41, 5.74) is 1.72. The van der Waals surface area contributed by atoms with Crippen molar-refractivity contribution in [2.24, 2.45) is 0 Å². The number of hydrogen-bond donors (Lipinski definition) is 3. The Morgan fingerprint density at radius 2 is 2.04 bits per heavy atom. The number of nitrogens with one attached hydrogen (secondary N) is 1. The first-order valence-electron chi connectivity index (χ1n) is 7.97. The van der Waals surface area contributed by atoms with Crippen molar-refractivity contribution in [1.82, 2.24) is 4.90 Å². The fraction of sp³-hybridized carbons (Fsp3) is 0.562. The predicted molar refractivity (Wildman–Crippen MR) is 91.6 cm³/mol. The fourth-order valence-corrected chi connectivity index (χ4v) is 4.81. The van der Waals surface area contributed by atoms with Crippen LogP contribution in [0.2, 0.25) is 0 Å². The normalized spacial score (nSPS) is 22.7. The lowest BCUT2D eigenvalue weighted by atomic mass is 10.1. The number of amides is 1. The molecule has 7 nitrogen and oxygen atoms in total. The number of rotatable bonds is 7. The van der Waals surface area contributed by atoms with Gasteiger partial charge in [-0.15, -0.1) is 0 Å². The first-order chi connectivity index (χ1) is 11.4. The zero-order valence-corrected chi connectivity index (χ0v) is 14.5. The Kier molecular flexibility index (Phi) is 6.34. The molecule has 8 heteroatoms. The first kappa shape index (κ1) is 18.9. The molecule has 1 aliphatic rings. The van der Waals surface area contributed by atoms with Crippen LogP contribution < -0.4 is 5.32 Å². The summed E-state index contributed by atoms with van der Waals surface area (Å²) < 4.78 is 23.3. The van der Waals surface area contributed by atoms with E-state index in [-0.39, 0.29) is 37.1 Å². The summed E-state index contributed by atoms with van der Waals surface area (Å²) in [5.74, 6) is -0.812. The third kappa shape index (κ3) is 4.76. The average Bonchev–Trinajstić information content (AvgIpc) is 2.80. The van der Waals surface area contributed by atoms with Crippen LogP contribution >= 0.6 is 0 Å². The van der Waals surface area contributed by atoms with Crippen LogP contribution in [0.15, 0.2) is 24.3 Å². The number of aliphatic hydroxyl groups is 2. The molecule has 1 amide bonds. The van der Waals surface area contributed by atoms with E-state index in [1.165, 1.54) is 4.90 Å². The number of nitrogens with zero attached hydrogens (tertiary/aromatic N) is 1. The molecule has 2 unspecified atom stereocenters. The topological polar surface area (TPSA) is 107 Å². The minimum Gasteiger partial charge on any atom is -0.395 e. The predicted octanol–water partition coefficient (Wildman–Crippen LogP) is -0.360. The van der Waals surface area contributed by atoms with E-state index in [9.17, 15) is 23.4 Å². The SMILES string of the molecule is CCc1ccccc1NC(=O)CN(CCO)C1CS(=O)(=O)CC1O. The molecular formula is C16H24N2O5S. The summed E-state index contributed by atoms with van der Waals surface area (Å²) >= 11 is 0. The molecule has 0 aliphatic carbocycles. The van der Waals surface area contributed by atoms with Gasteiger partial charge in [0.2, 0.25) is 5.91 Å². The Morgan fingerprint density at radius 3 is 2.62 bits per heavy atom. The van der Waals surface area contributed by atoms with Crippen LogP contribution in [0.1, 0.15) is 12.5 Å². The maximum atomic E-state index is 12.3. The van der Waals surface area contributed by atoms with Gasteiger partial charge in [-0.05, 0) is 18.1 Å². The van der Waals surface area contributed by atoms with Crippen molar-refractivity contribution in [2.45, 2.75) is 25.5 Å². The monoisotopic (exact) mass is 356 g/mol. The number of aliphatic hydroxyl groups excluding tert-OH is 2. The maximum Gasteiger partial charge on any atom is 0.238 e. The molecule has 24 heavy (non-hydrogen) atoms. The van der Waals surface area contributed by atoms with Gasteiger partial charge in [-0.25, -0.2) is 8.42 Å². The van der Waals surface area contributed by atoms with E-state index in [2.05, 4.69) is 5.32 Å². The smallest absolute Gasteiger partial charge is 0.238 e. The van der Waals surface area contributed by atoms with Crippen molar-refractivity contribution in [3.05, 3.63) is 29.8 Å². The van der Waals surface area contributed by atoms with Crippen molar-refractivity contribution >= 4 is 21.4 Å². The summed E-state index contributed by atoms with van der Waals surface area (Å²) in [4.78, 5) is 13.9. The number of carbonyl (C=O) groups is 1. The second kappa shape index (κ2) is 8.06. The molecule has 1 aliphatic heterocycles. The number of para-hydroxylation sites is 1. The van der Waals surface area contributed by atoms with Crippen LogP contribution in [0.5, 0.6) is 0 Å². The largest absolute Gasteiger partial charge is 0.395 e. The third-order valence-electron chi connectivity index (χ3n) is 4.17. The number of anilines is 1. The molecule has 0 radical (unpaired) electrons. The van der Waals surface area contributed by atoms with Crippen LogP contribution in [0.25, 0.3) is 0 Å². The highest BCUT2D eigenvalue weighted by Crippen LogP contribution is 2.19. The molecule has 1 fully saturated rings. The minimum absolute atomic E-state index is 0.0874. The molecule has 1 aromatic rings. The molecule has 2 atom stereocenters. The van der Waals surface area contributed by atoms with Gasteiger partial charge in [0.1, 0.15) is 0 Å². The van der Waals surface area contributed by atoms with Gasteiger partial charge in [-0.2, -0.15) is 0 Å². The van der Waals surface area contributed by atoms with Gasteiger partial charge >= 0.3 is 0 Å². The number of carbonyl (C=O) groups excluding carboxylic acids is 1. The number of benzene rings is 1. The Morgan fingerprint density at radius 1 is 1.33 bits per heavy atom. The molecule has 0 spiro atoms. The molecule has 1 heterocycles. The van der Waals surface area contributed by atoms with E-state index in [1.54, 1.807) is 0 Å². The van der Waals surface area contributed by atoms with Gasteiger partial charge < -0.3 is 15.5 Å². The molecule has 134 valence electrons. The van der Waals surface area contributed by atoms with Crippen molar-refractivity contribution < 1.29 is 23.4 Å². The standard InChI is InChI=1S/C16H24N2O5S/c1-2-12-5-3-4-6-13(12)17-16(21)9-18(7-8-19)14-10-24(22,23)11-15(14)20/h3-6,14-15,19-20H,2,7-11H2,1H3,(H,17,21).